The van der Waals surface area contributed by atoms with Crippen LogP contribution in [0.3, 0.4) is 0 Å². The number of methoxy groups -OCH3 is 1. The van der Waals surface area contributed by atoms with Crippen LogP contribution >= 0.6 is 0 Å². The van der Waals surface area contributed by atoms with E-state index in [4.69, 9.17) is 4.74 Å². The lowest BCUT2D eigenvalue weighted by atomic mass is 9.87. The van der Waals surface area contributed by atoms with Gasteiger partial charge in [-0.15, -0.1) is 0 Å². The summed E-state index contributed by atoms with van der Waals surface area (Å²) in [6.07, 6.45) is 3.29. The fourth-order valence-electron chi connectivity index (χ4n) is 4.54. The molecule has 0 aliphatic rings. The molecule has 9 heteroatoms. The van der Waals surface area contributed by atoms with Crippen LogP contribution in [0.25, 0.3) is 27.6 Å². The standard InChI is InChI=1S/C30H33N7O2/c1-18(2)34-27-26-28(32-16-31-27)37(17-33-26)24-13-12-22(20-9-7-8-10-21(20)24)35-29(38)36-23-15-19(30(3,4)5)11-14-25(23)39-6/h7-18H,1-6H3,(H,31,32,34)(H2,35,36,38). The molecule has 0 fully saturated rings. The van der Waals surface area contributed by atoms with Crippen LogP contribution in [0.5, 0.6) is 5.75 Å². The molecule has 9 nitrogen and oxygen atoms in total. The molecule has 0 spiro atoms. The van der Waals surface area contributed by atoms with Crippen molar-refractivity contribution in [3.8, 4) is 11.4 Å². The van der Waals surface area contributed by atoms with Gasteiger partial charge in [-0.3, -0.25) is 4.57 Å². The number of ether oxygens (including phenoxy) is 1. The molecular weight excluding hydrogens is 490 g/mol. The Hall–Kier alpha value is -4.66. The molecule has 2 aromatic heterocycles. The van der Waals surface area contributed by atoms with Gasteiger partial charge in [0.15, 0.2) is 17.0 Å². The van der Waals surface area contributed by atoms with Gasteiger partial charge in [-0.05, 0) is 49.1 Å². The molecule has 3 aromatic carbocycles. The van der Waals surface area contributed by atoms with Crippen molar-refractivity contribution < 1.29 is 9.53 Å². The van der Waals surface area contributed by atoms with Crippen LogP contribution in [-0.2, 0) is 5.41 Å². The van der Waals surface area contributed by atoms with Gasteiger partial charge in [0.05, 0.1) is 24.2 Å². The molecule has 0 saturated heterocycles. The molecule has 5 rings (SSSR count). The Labute approximate surface area is 227 Å². The second-order valence-electron chi connectivity index (χ2n) is 10.7. The molecule has 0 aliphatic heterocycles. The van der Waals surface area contributed by atoms with Gasteiger partial charge in [0, 0.05) is 16.8 Å². The van der Waals surface area contributed by atoms with E-state index in [2.05, 4.69) is 65.5 Å². The number of aromatic nitrogens is 4. The highest BCUT2D eigenvalue weighted by Crippen LogP contribution is 2.33. The highest BCUT2D eigenvalue weighted by Gasteiger charge is 2.18. The Bertz CT molecular complexity index is 1670. The molecule has 200 valence electrons. The number of anilines is 3. The smallest absolute Gasteiger partial charge is 0.323 e. The van der Waals surface area contributed by atoms with E-state index in [1.807, 2.05) is 59.2 Å². The normalized spacial score (nSPS) is 11.7. The zero-order valence-electron chi connectivity index (χ0n) is 23.0. The summed E-state index contributed by atoms with van der Waals surface area (Å²) >= 11 is 0. The number of fused-ring (bicyclic) bond motifs is 2. The molecule has 0 bridgehead atoms. The van der Waals surface area contributed by atoms with Crippen LogP contribution < -0.4 is 20.7 Å². The summed E-state index contributed by atoms with van der Waals surface area (Å²) < 4.78 is 7.43. The lowest BCUT2D eigenvalue weighted by Crippen LogP contribution is -2.21. The van der Waals surface area contributed by atoms with E-state index >= 15 is 0 Å². The van der Waals surface area contributed by atoms with Gasteiger partial charge < -0.3 is 20.7 Å². The van der Waals surface area contributed by atoms with Gasteiger partial charge in [-0.25, -0.2) is 19.7 Å². The summed E-state index contributed by atoms with van der Waals surface area (Å²) in [5.41, 5.74) is 4.60. The van der Waals surface area contributed by atoms with Crippen molar-refractivity contribution in [2.45, 2.75) is 46.1 Å². The Morgan fingerprint density at radius 1 is 0.923 bits per heavy atom. The molecule has 3 N–H and O–H groups in total. The van der Waals surface area contributed by atoms with Gasteiger partial charge >= 0.3 is 6.03 Å². The van der Waals surface area contributed by atoms with Gasteiger partial charge in [0.2, 0.25) is 0 Å². The van der Waals surface area contributed by atoms with E-state index in [1.165, 1.54) is 6.33 Å². The van der Waals surface area contributed by atoms with Crippen molar-refractivity contribution in [2.75, 3.05) is 23.1 Å². The summed E-state index contributed by atoms with van der Waals surface area (Å²) in [5, 5.41) is 11.1. The number of urea groups is 1. The molecule has 0 saturated carbocycles. The van der Waals surface area contributed by atoms with Gasteiger partial charge in [-0.1, -0.05) is 51.1 Å². The number of imidazole rings is 1. The third-order valence-corrected chi connectivity index (χ3v) is 6.48. The molecule has 5 aromatic rings. The van der Waals surface area contributed by atoms with E-state index in [-0.39, 0.29) is 17.5 Å². The Balaban J connectivity index is 1.49. The highest BCUT2D eigenvalue weighted by molar-refractivity contribution is 6.08. The van der Waals surface area contributed by atoms with Crippen LogP contribution in [-0.4, -0.2) is 38.7 Å². The second-order valence-corrected chi connectivity index (χ2v) is 10.7. The summed E-state index contributed by atoms with van der Waals surface area (Å²) in [5.74, 6) is 1.29. The van der Waals surface area contributed by atoms with Crippen molar-refractivity contribution in [1.82, 2.24) is 19.5 Å². The molecule has 0 unspecified atom stereocenters. The fraction of sp³-hybridized carbons (Fsp3) is 0.267. The number of hydrogen-bond acceptors (Lipinski definition) is 6. The zero-order chi connectivity index (χ0) is 27.7. The number of carbonyl (C=O) groups excluding carboxylic acids is 1. The van der Waals surface area contributed by atoms with Crippen LogP contribution in [0.4, 0.5) is 22.0 Å². The topological polar surface area (TPSA) is 106 Å². The maximum atomic E-state index is 13.2. The van der Waals surface area contributed by atoms with Crippen LogP contribution in [0, 0.1) is 0 Å². The maximum Gasteiger partial charge on any atom is 0.323 e. The molecule has 0 atom stereocenters. The second kappa shape index (κ2) is 10.2. The minimum Gasteiger partial charge on any atom is -0.495 e. The Morgan fingerprint density at radius 2 is 1.67 bits per heavy atom. The zero-order valence-corrected chi connectivity index (χ0v) is 23.0. The van der Waals surface area contributed by atoms with Crippen LogP contribution in [0.2, 0.25) is 0 Å². The van der Waals surface area contributed by atoms with Crippen molar-refractivity contribution >= 4 is 45.2 Å². The average Bonchev–Trinajstić information content (AvgIpc) is 3.33. The maximum absolute atomic E-state index is 13.2. The third kappa shape index (κ3) is 5.20. The summed E-state index contributed by atoms with van der Waals surface area (Å²) in [6.45, 7) is 10.5. The molecular formula is C30H33N7O2. The minimum absolute atomic E-state index is 0.0702. The molecule has 2 amide bonds. The van der Waals surface area contributed by atoms with Crippen LogP contribution in [0.1, 0.15) is 40.2 Å². The Morgan fingerprint density at radius 3 is 2.38 bits per heavy atom. The average molecular weight is 524 g/mol. The number of benzene rings is 3. The van der Waals surface area contributed by atoms with E-state index in [1.54, 1.807) is 13.4 Å². The number of amides is 2. The van der Waals surface area contributed by atoms with Gasteiger partial charge in [-0.2, -0.15) is 0 Å². The third-order valence-electron chi connectivity index (χ3n) is 6.48. The first-order valence-electron chi connectivity index (χ1n) is 12.9. The number of rotatable bonds is 6. The first-order chi connectivity index (χ1) is 18.7. The van der Waals surface area contributed by atoms with Crippen molar-refractivity contribution in [3.63, 3.8) is 0 Å². The van der Waals surface area contributed by atoms with Gasteiger partial charge in [0.1, 0.15) is 18.4 Å². The first-order valence-corrected chi connectivity index (χ1v) is 12.9. The van der Waals surface area contributed by atoms with Crippen molar-refractivity contribution in [2.24, 2.45) is 0 Å². The largest absolute Gasteiger partial charge is 0.495 e. The van der Waals surface area contributed by atoms with E-state index in [0.717, 1.165) is 22.0 Å². The lowest BCUT2D eigenvalue weighted by Gasteiger charge is -2.21. The van der Waals surface area contributed by atoms with E-state index in [9.17, 15) is 4.79 Å². The van der Waals surface area contributed by atoms with Gasteiger partial charge in [0.25, 0.3) is 0 Å². The lowest BCUT2D eigenvalue weighted by molar-refractivity contribution is 0.262. The van der Waals surface area contributed by atoms with E-state index in [0.29, 0.717) is 34.1 Å². The monoisotopic (exact) mass is 523 g/mol. The number of nitrogens with zero attached hydrogens (tertiary/aromatic N) is 4. The number of hydrogen-bond donors (Lipinski definition) is 3. The van der Waals surface area contributed by atoms with Crippen molar-refractivity contribution in [1.29, 1.82) is 0 Å². The predicted octanol–water partition coefficient (Wildman–Crippen LogP) is 6.74. The predicted molar refractivity (Wildman–Crippen MR) is 157 cm³/mol. The van der Waals surface area contributed by atoms with E-state index < -0.39 is 0 Å². The summed E-state index contributed by atoms with van der Waals surface area (Å²) in [4.78, 5) is 26.6. The molecule has 2 heterocycles. The summed E-state index contributed by atoms with van der Waals surface area (Å²) in [7, 11) is 1.59. The van der Waals surface area contributed by atoms with Crippen molar-refractivity contribution in [3.05, 3.63) is 72.8 Å². The summed E-state index contributed by atoms with van der Waals surface area (Å²) in [6, 6.07) is 17.5. The first kappa shape index (κ1) is 26.0. The number of nitrogens with one attached hydrogen (secondary N) is 3. The fourth-order valence-corrected chi connectivity index (χ4v) is 4.54. The quantitative estimate of drug-likeness (QED) is 0.228. The SMILES string of the molecule is COc1ccc(C(C)(C)C)cc1NC(=O)Nc1ccc(-n2cnc3c(NC(C)C)ncnc32)c2ccccc12. The molecule has 39 heavy (non-hydrogen) atoms. The number of carbonyl (C=O) groups is 1. The molecule has 0 aliphatic carbocycles. The Kier molecular flexibility index (Phi) is 6.82. The van der Waals surface area contributed by atoms with Crippen LogP contribution in [0.15, 0.2) is 67.3 Å². The minimum atomic E-state index is -0.359. The highest BCUT2D eigenvalue weighted by atomic mass is 16.5. The molecule has 0 radical (unpaired) electrons.